The van der Waals surface area contributed by atoms with Gasteiger partial charge < -0.3 is 15.4 Å². The molecule has 3 fully saturated rings. The molecule has 4 rings (SSSR count). The number of sulfonamides is 1. The molecule has 1 unspecified atom stereocenters. The first-order valence-corrected chi connectivity index (χ1v) is 13.2. The number of carbonyl (C=O) groups excluding carboxylic acids is 1. The summed E-state index contributed by atoms with van der Waals surface area (Å²) in [4.78, 5) is 13.5. The van der Waals surface area contributed by atoms with Crippen molar-refractivity contribution >= 4 is 21.6 Å². The molecule has 178 valence electrons. The zero-order valence-corrected chi connectivity index (χ0v) is 20.6. The van der Waals surface area contributed by atoms with E-state index in [9.17, 15) is 13.2 Å². The Balaban J connectivity index is 1.62. The fourth-order valence-corrected chi connectivity index (χ4v) is 7.97. The molecule has 0 radical (unpaired) electrons. The highest BCUT2D eigenvalue weighted by molar-refractivity contribution is 7.89. The van der Waals surface area contributed by atoms with Crippen LogP contribution in [-0.2, 0) is 14.8 Å². The zero-order valence-electron chi connectivity index (χ0n) is 19.7. The van der Waals surface area contributed by atoms with Crippen LogP contribution in [0.2, 0.25) is 0 Å². The maximum Gasteiger partial charge on any atom is 0.251 e. The number of amides is 1. The van der Waals surface area contributed by atoms with Gasteiger partial charge in [-0.15, -0.1) is 0 Å². The van der Waals surface area contributed by atoms with Gasteiger partial charge >= 0.3 is 0 Å². The quantitative estimate of drug-likeness (QED) is 0.577. The van der Waals surface area contributed by atoms with Gasteiger partial charge in [-0.05, 0) is 67.1 Å². The first-order valence-electron chi connectivity index (χ1n) is 11.8. The van der Waals surface area contributed by atoms with E-state index in [0.29, 0.717) is 43.4 Å². The van der Waals surface area contributed by atoms with Crippen LogP contribution in [0.3, 0.4) is 0 Å². The van der Waals surface area contributed by atoms with Crippen molar-refractivity contribution in [2.75, 3.05) is 38.7 Å². The Morgan fingerprint density at radius 3 is 2.56 bits per heavy atom. The molecule has 32 heavy (non-hydrogen) atoms. The molecule has 1 aliphatic heterocycles. The third kappa shape index (κ3) is 4.05. The summed E-state index contributed by atoms with van der Waals surface area (Å²) in [6, 6.07) is 5.05. The second kappa shape index (κ2) is 8.61. The van der Waals surface area contributed by atoms with Gasteiger partial charge in [0, 0.05) is 38.3 Å². The average Bonchev–Trinajstić information content (AvgIpc) is 3.46. The van der Waals surface area contributed by atoms with Crippen LogP contribution >= 0.6 is 0 Å². The van der Waals surface area contributed by atoms with E-state index in [0.717, 1.165) is 25.7 Å². The van der Waals surface area contributed by atoms with Crippen molar-refractivity contribution in [3.8, 4) is 0 Å². The van der Waals surface area contributed by atoms with Crippen LogP contribution in [0.4, 0.5) is 5.69 Å². The zero-order chi connectivity index (χ0) is 23.1. The average molecular weight is 464 g/mol. The molecule has 3 atom stereocenters. The fourth-order valence-electron chi connectivity index (χ4n) is 6.26. The van der Waals surface area contributed by atoms with Gasteiger partial charge in [0.1, 0.15) is 4.90 Å². The molecule has 1 saturated heterocycles. The number of carbonyl (C=O) groups is 1. The number of fused-ring (bicyclic) bond motifs is 2. The Morgan fingerprint density at radius 1 is 1.22 bits per heavy atom. The lowest BCUT2D eigenvalue weighted by molar-refractivity contribution is 0.0737. The number of benzene rings is 1. The number of hydrogen-bond donors (Lipinski definition) is 2. The normalized spacial score (nSPS) is 29.4. The highest BCUT2D eigenvalue weighted by Crippen LogP contribution is 2.62. The molecule has 2 aliphatic carbocycles. The Bertz CT molecular complexity index is 967. The van der Waals surface area contributed by atoms with Crippen molar-refractivity contribution in [1.82, 2.24) is 9.62 Å². The van der Waals surface area contributed by atoms with E-state index in [4.69, 9.17) is 4.74 Å². The molecular weight excluding hydrogens is 426 g/mol. The predicted octanol–water partition coefficient (Wildman–Crippen LogP) is 3.47. The molecule has 2 saturated carbocycles. The lowest BCUT2D eigenvalue weighted by Crippen LogP contribution is -2.52. The number of nitrogens with zero attached hydrogens (tertiary/aromatic N) is 1. The number of ether oxygens (including phenoxy) is 1. The molecule has 8 heteroatoms. The molecule has 1 amide bonds. The molecule has 1 heterocycles. The molecule has 1 aromatic carbocycles. The summed E-state index contributed by atoms with van der Waals surface area (Å²) in [6.45, 7) is 8.76. The van der Waals surface area contributed by atoms with E-state index in [1.807, 2.05) is 0 Å². The van der Waals surface area contributed by atoms with E-state index in [2.05, 4.69) is 31.4 Å². The summed E-state index contributed by atoms with van der Waals surface area (Å²) in [5, 5.41) is 6.45. The number of hydrogen-bond acceptors (Lipinski definition) is 5. The molecule has 0 spiro atoms. The van der Waals surface area contributed by atoms with Gasteiger partial charge in [0.25, 0.3) is 5.91 Å². The van der Waals surface area contributed by atoms with Crippen LogP contribution < -0.4 is 10.6 Å². The number of methoxy groups -OCH3 is 1. The van der Waals surface area contributed by atoms with Crippen molar-refractivity contribution in [1.29, 1.82) is 0 Å². The summed E-state index contributed by atoms with van der Waals surface area (Å²) in [7, 11) is -2.08. The monoisotopic (exact) mass is 463 g/mol. The van der Waals surface area contributed by atoms with Gasteiger partial charge in [0.2, 0.25) is 10.0 Å². The Hall–Kier alpha value is -1.64. The lowest BCUT2D eigenvalue weighted by atomic mass is 9.68. The second-order valence-electron chi connectivity index (χ2n) is 10.6. The molecule has 3 aliphatic rings. The number of rotatable bonds is 8. The maximum atomic E-state index is 13.4. The van der Waals surface area contributed by atoms with Crippen LogP contribution in [0.1, 0.15) is 63.2 Å². The van der Waals surface area contributed by atoms with Gasteiger partial charge in [-0.3, -0.25) is 4.79 Å². The van der Waals surface area contributed by atoms with Crippen LogP contribution in [-0.4, -0.2) is 58.0 Å². The smallest absolute Gasteiger partial charge is 0.251 e. The Morgan fingerprint density at radius 2 is 1.94 bits per heavy atom. The van der Waals surface area contributed by atoms with E-state index in [1.165, 1.54) is 10.7 Å². The molecule has 7 nitrogen and oxygen atoms in total. The largest absolute Gasteiger partial charge is 0.383 e. The second-order valence-corrected chi connectivity index (χ2v) is 12.5. The molecule has 1 aromatic rings. The molecule has 2 N–H and O–H groups in total. The minimum Gasteiger partial charge on any atom is -0.383 e. The summed E-state index contributed by atoms with van der Waals surface area (Å²) < 4.78 is 33.4. The van der Waals surface area contributed by atoms with E-state index >= 15 is 0 Å². The van der Waals surface area contributed by atoms with E-state index in [-0.39, 0.29) is 27.7 Å². The lowest BCUT2D eigenvalue weighted by Gasteiger charge is -2.43. The van der Waals surface area contributed by atoms with Gasteiger partial charge in [0.05, 0.1) is 12.3 Å². The first-order chi connectivity index (χ1) is 15.1. The number of anilines is 1. The predicted molar refractivity (Wildman–Crippen MR) is 125 cm³/mol. The Labute approximate surface area is 192 Å². The van der Waals surface area contributed by atoms with Crippen LogP contribution in [0.25, 0.3) is 0 Å². The third-order valence-electron chi connectivity index (χ3n) is 8.09. The van der Waals surface area contributed by atoms with E-state index in [1.54, 1.807) is 25.3 Å². The topological polar surface area (TPSA) is 87.7 Å². The van der Waals surface area contributed by atoms with Crippen LogP contribution in [0, 0.1) is 16.7 Å². The van der Waals surface area contributed by atoms with Gasteiger partial charge in [-0.2, -0.15) is 4.31 Å². The molecule has 2 bridgehead atoms. The van der Waals surface area contributed by atoms with Crippen molar-refractivity contribution in [2.24, 2.45) is 16.7 Å². The number of nitrogens with one attached hydrogen (secondary N) is 2. The molecule has 0 aromatic heterocycles. The summed E-state index contributed by atoms with van der Waals surface area (Å²) in [5.41, 5.74) is 1.05. The van der Waals surface area contributed by atoms with Crippen molar-refractivity contribution < 1.29 is 17.9 Å². The van der Waals surface area contributed by atoms with Crippen LogP contribution in [0.15, 0.2) is 23.1 Å². The third-order valence-corrected chi connectivity index (χ3v) is 10.0. The van der Waals surface area contributed by atoms with Gasteiger partial charge in [0.15, 0.2) is 0 Å². The van der Waals surface area contributed by atoms with Crippen molar-refractivity contribution in [3.05, 3.63) is 23.8 Å². The first kappa shape index (κ1) is 23.5. The SMILES string of the molecule is COCCNc1ccc(C(=O)NC2C(C)(C)[C@@H]3CC[C@]2(C)C3)cc1S(=O)(=O)N1CCCC1. The minimum absolute atomic E-state index is 0.0365. The van der Waals surface area contributed by atoms with E-state index < -0.39 is 10.0 Å². The van der Waals surface area contributed by atoms with Gasteiger partial charge in [-0.25, -0.2) is 8.42 Å². The van der Waals surface area contributed by atoms with Gasteiger partial charge in [-0.1, -0.05) is 20.8 Å². The highest BCUT2D eigenvalue weighted by atomic mass is 32.2. The minimum atomic E-state index is -3.68. The molecular formula is C24H37N3O4S. The summed E-state index contributed by atoms with van der Waals surface area (Å²) in [6.07, 6.45) is 5.21. The maximum absolute atomic E-state index is 13.4. The van der Waals surface area contributed by atoms with Crippen LogP contribution in [0.5, 0.6) is 0 Å². The standard InChI is InChI=1S/C24H37N3O4S/c1-23(2)18-9-10-24(3,16-18)22(23)26-21(28)17-7-8-19(25-11-14-31-4)20(15-17)32(29,30)27-12-5-6-13-27/h7-8,15,18,22,25H,5-6,9-14,16H2,1-4H3,(H,26,28)/t18-,22?,24-/m1/s1. The summed E-state index contributed by atoms with van der Waals surface area (Å²) >= 11 is 0. The van der Waals surface area contributed by atoms with Crippen molar-refractivity contribution in [3.63, 3.8) is 0 Å². The van der Waals surface area contributed by atoms with Crippen molar-refractivity contribution in [2.45, 2.75) is 63.8 Å². The summed E-state index contributed by atoms with van der Waals surface area (Å²) in [5.74, 6) is 0.425. The Kier molecular flexibility index (Phi) is 6.33. The fraction of sp³-hybridized carbons (Fsp3) is 0.708. The highest BCUT2D eigenvalue weighted by Gasteiger charge is 2.59.